The lowest BCUT2D eigenvalue weighted by molar-refractivity contribution is -0.137. The van der Waals surface area contributed by atoms with Gasteiger partial charge in [-0.1, -0.05) is 36.7 Å². The molecule has 0 unspecified atom stereocenters. The number of carboxylic acids is 1. The molecule has 0 amide bonds. The lowest BCUT2D eigenvalue weighted by atomic mass is 10.2. The highest BCUT2D eigenvalue weighted by Gasteiger charge is 2.07. The minimum Gasteiger partial charge on any atom is -0.481 e. The number of aliphatic carboxylic acids is 1. The van der Waals surface area contributed by atoms with Gasteiger partial charge in [-0.05, 0) is 31.1 Å². The molecule has 1 aromatic carbocycles. The smallest absolute Gasteiger partial charge is 0.303 e. The van der Waals surface area contributed by atoms with Gasteiger partial charge in [0.1, 0.15) is 0 Å². The van der Waals surface area contributed by atoms with E-state index in [2.05, 4.69) is 11.8 Å². The fraction of sp³-hybridized carbons (Fsp3) is 0.462. The van der Waals surface area contributed by atoms with Gasteiger partial charge in [0.15, 0.2) is 0 Å². The summed E-state index contributed by atoms with van der Waals surface area (Å²) < 4.78 is 0. The first-order valence-corrected chi connectivity index (χ1v) is 6.18. The third kappa shape index (κ3) is 5.20. The van der Waals surface area contributed by atoms with Crippen LogP contribution in [0.2, 0.25) is 5.02 Å². The van der Waals surface area contributed by atoms with Crippen LogP contribution in [-0.2, 0) is 11.3 Å². The van der Waals surface area contributed by atoms with E-state index in [4.69, 9.17) is 16.7 Å². The van der Waals surface area contributed by atoms with Gasteiger partial charge in [0, 0.05) is 18.0 Å². The number of hydrogen-bond donors (Lipinski definition) is 1. The molecule has 17 heavy (non-hydrogen) atoms. The van der Waals surface area contributed by atoms with Gasteiger partial charge in [-0.3, -0.25) is 9.69 Å². The van der Waals surface area contributed by atoms with Gasteiger partial charge in [0.25, 0.3) is 0 Å². The maximum atomic E-state index is 10.4. The van der Waals surface area contributed by atoms with Crippen LogP contribution in [0.5, 0.6) is 0 Å². The Hall–Kier alpha value is -1.06. The first-order chi connectivity index (χ1) is 8.13. The van der Waals surface area contributed by atoms with Crippen LogP contribution >= 0.6 is 11.6 Å². The van der Waals surface area contributed by atoms with Crippen molar-refractivity contribution in [2.24, 2.45) is 0 Å². The predicted octanol–water partition coefficient (Wildman–Crippen LogP) is 3.03. The molecular formula is C13H18ClNO2. The van der Waals surface area contributed by atoms with E-state index in [9.17, 15) is 4.79 Å². The fourth-order valence-electron chi connectivity index (χ4n) is 1.67. The van der Waals surface area contributed by atoms with Crippen LogP contribution < -0.4 is 0 Å². The van der Waals surface area contributed by atoms with Crippen LogP contribution in [0.25, 0.3) is 0 Å². The molecule has 0 radical (unpaired) electrons. The second-order valence-electron chi connectivity index (χ2n) is 3.96. The molecule has 0 aliphatic rings. The molecule has 0 fully saturated rings. The van der Waals surface area contributed by atoms with Crippen molar-refractivity contribution in [3.63, 3.8) is 0 Å². The average Bonchev–Trinajstić information content (AvgIpc) is 2.30. The number of carbonyl (C=O) groups is 1. The maximum Gasteiger partial charge on any atom is 0.303 e. The Morgan fingerprint density at radius 3 is 2.71 bits per heavy atom. The quantitative estimate of drug-likeness (QED) is 0.814. The van der Waals surface area contributed by atoms with E-state index < -0.39 is 5.97 Å². The van der Waals surface area contributed by atoms with Gasteiger partial charge < -0.3 is 5.11 Å². The predicted molar refractivity (Wildman–Crippen MR) is 69.3 cm³/mol. The first-order valence-electron chi connectivity index (χ1n) is 5.81. The molecule has 1 rings (SSSR count). The lowest BCUT2D eigenvalue weighted by Gasteiger charge is -2.20. The molecule has 0 atom stereocenters. The molecular weight excluding hydrogens is 238 g/mol. The summed E-state index contributed by atoms with van der Waals surface area (Å²) in [6.45, 7) is 4.52. The van der Waals surface area contributed by atoms with E-state index in [-0.39, 0.29) is 6.42 Å². The monoisotopic (exact) mass is 255 g/mol. The summed E-state index contributed by atoms with van der Waals surface area (Å²) in [6, 6.07) is 7.75. The second kappa shape index (κ2) is 7.30. The molecule has 1 aromatic rings. The van der Waals surface area contributed by atoms with E-state index in [0.717, 1.165) is 30.2 Å². The Kier molecular flexibility index (Phi) is 6.01. The van der Waals surface area contributed by atoms with Crippen molar-refractivity contribution >= 4 is 17.6 Å². The van der Waals surface area contributed by atoms with E-state index in [1.807, 2.05) is 24.3 Å². The molecule has 3 nitrogen and oxygen atoms in total. The lowest BCUT2D eigenvalue weighted by Crippen LogP contribution is -2.24. The summed E-state index contributed by atoms with van der Waals surface area (Å²) in [5.74, 6) is -0.737. The third-order valence-electron chi connectivity index (χ3n) is 2.66. The van der Waals surface area contributed by atoms with Crippen molar-refractivity contribution in [1.29, 1.82) is 0 Å². The van der Waals surface area contributed by atoms with E-state index in [1.165, 1.54) is 0 Å². The number of benzene rings is 1. The van der Waals surface area contributed by atoms with Crippen molar-refractivity contribution in [2.45, 2.75) is 26.3 Å². The minimum atomic E-state index is -0.737. The molecule has 1 N–H and O–H groups in total. The Bertz CT molecular complexity index is 368. The summed E-state index contributed by atoms with van der Waals surface area (Å²) in [7, 11) is 0. The van der Waals surface area contributed by atoms with Gasteiger partial charge in [0.05, 0.1) is 0 Å². The van der Waals surface area contributed by atoms with Crippen molar-refractivity contribution in [3.05, 3.63) is 34.9 Å². The zero-order chi connectivity index (χ0) is 12.7. The highest BCUT2D eigenvalue weighted by atomic mass is 35.5. The molecule has 0 heterocycles. The second-order valence-corrected chi connectivity index (χ2v) is 4.36. The first kappa shape index (κ1) is 14.0. The Balaban J connectivity index is 2.46. The van der Waals surface area contributed by atoms with Gasteiger partial charge in [-0.15, -0.1) is 0 Å². The number of carboxylic acid groups (broad SMARTS) is 1. The SMILES string of the molecule is CCN(CCCC(=O)O)Cc1ccccc1Cl. The standard InChI is InChI=1S/C13H18ClNO2/c1-2-15(9-5-8-13(16)17)10-11-6-3-4-7-12(11)14/h3-4,6-7H,2,5,8-10H2,1H3,(H,16,17). The summed E-state index contributed by atoms with van der Waals surface area (Å²) in [5.41, 5.74) is 1.09. The van der Waals surface area contributed by atoms with Gasteiger partial charge >= 0.3 is 5.97 Å². The fourth-order valence-corrected chi connectivity index (χ4v) is 1.87. The Morgan fingerprint density at radius 1 is 1.41 bits per heavy atom. The Morgan fingerprint density at radius 2 is 2.12 bits per heavy atom. The maximum absolute atomic E-state index is 10.4. The summed E-state index contributed by atoms with van der Waals surface area (Å²) >= 11 is 6.09. The van der Waals surface area contributed by atoms with Crippen LogP contribution in [0.4, 0.5) is 0 Å². The van der Waals surface area contributed by atoms with Crippen LogP contribution in [-0.4, -0.2) is 29.1 Å². The van der Waals surface area contributed by atoms with Crippen molar-refractivity contribution in [1.82, 2.24) is 4.90 Å². The highest BCUT2D eigenvalue weighted by molar-refractivity contribution is 6.31. The van der Waals surface area contributed by atoms with Crippen molar-refractivity contribution in [3.8, 4) is 0 Å². The van der Waals surface area contributed by atoms with Crippen molar-refractivity contribution in [2.75, 3.05) is 13.1 Å². The van der Waals surface area contributed by atoms with E-state index in [0.29, 0.717) is 6.42 Å². The molecule has 0 aliphatic heterocycles. The van der Waals surface area contributed by atoms with Crippen LogP contribution in [0.1, 0.15) is 25.3 Å². The van der Waals surface area contributed by atoms with Crippen molar-refractivity contribution < 1.29 is 9.90 Å². The normalized spacial score (nSPS) is 10.8. The van der Waals surface area contributed by atoms with Crippen LogP contribution in [0.3, 0.4) is 0 Å². The van der Waals surface area contributed by atoms with Crippen LogP contribution in [0, 0.1) is 0 Å². The van der Waals surface area contributed by atoms with Gasteiger partial charge in [-0.25, -0.2) is 0 Å². The Labute approximate surface area is 107 Å². The molecule has 0 saturated carbocycles. The molecule has 0 spiro atoms. The van der Waals surface area contributed by atoms with E-state index >= 15 is 0 Å². The minimum absolute atomic E-state index is 0.221. The van der Waals surface area contributed by atoms with Gasteiger partial charge in [-0.2, -0.15) is 0 Å². The third-order valence-corrected chi connectivity index (χ3v) is 3.03. The average molecular weight is 256 g/mol. The summed E-state index contributed by atoms with van der Waals surface area (Å²) in [5, 5.41) is 9.36. The van der Waals surface area contributed by atoms with Crippen LogP contribution in [0.15, 0.2) is 24.3 Å². The topological polar surface area (TPSA) is 40.5 Å². The van der Waals surface area contributed by atoms with Gasteiger partial charge in [0.2, 0.25) is 0 Å². The molecule has 94 valence electrons. The molecule has 0 aliphatic carbocycles. The number of rotatable bonds is 7. The highest BCUT2D eigenvalue weighted by Crippen LogP contribution is 2.17. The van der Waals surface area contributed by atoms with E-state index in [1.54, 1.807) is 0 Å². The zero-order valence-corrected chi connectivity index (χ0v) is 10.8. The number of halogens is 1. The molecule has 4 heteroatoms. The summed E-state index contributed by atoms with van der Waals surface area (Å²) in [6.07, 6.45) is 0.895. The number of nitrogens with zero attached hydrogens (tertiary/aromatic N) is 1. The zero-order valence-electron chi connectivity index (χ0n) is 10.0. The largest absolute Gasteiger partial charge is 0.481 e. The molecule has 0 saturated heterocycles. The number of hydrogen-bond acceptors (Lipinski definition) is 2. The summed E-state index contributed by atoms with van der Waals surface area (Å²) in [4.78, 5) is 12.6. The molecule has 0 aromatic heterocycles. The molecule has 0 bridgehead atoms.